The number of unbranched alkanes of at least 4 members (excludes halogenated alkanes) is 32. The summed E-state index contributed by atoms with van der Waals surface area (Å²) in [4.78, 5) is 71.6. The molecule has 0 spiro atoms. The molecule has 79 heavy (non-hydrogen) atoms. The van der Waals surface area contributed by atoms with Gasteiger partial charge in [0.15, 0.2) is 12.2 Å². The number of phosphoric ester groups is 2. The van der Waals surface area contributed by atoms with Gasteiger partial charge in [0.2, 0.25) is 0 Å². The molecule has 468 valence electrons. The third kappa shape index (κ3) is 55.0. The van der Waals surface area contributed by atoms with Gasteiger partial charge in [-0.25, -0.2) is 9.13 Å². The highest BCUT2D eigenvalue weighted by molar-refractivity contribution is 7.47. The van der Waals surface area contributed by atoms with Crippen molar-refractivity contribution < 1.29 is 80.2 Å². The molecule has 0 aliphatic carbocycles. The number of esters is 4. The normalized spacial score (nSPS) is 14.3. The maximum absolute atomic E-state index is 12.9. The zero-order valence-electron chi connectivity index (χ0n) is 50.5. The van der Waals surface area contributed by atoms with Gasteiger partial charge in [0, 0.05) is 25.7 Å². The van der Waals surface area contributed by atoms with E-state index in [4.69, 9.17) is 37.0 Å². The zero-order valence-corrected chi connectivity index (χ0v) is 52.3. The van der Waals surface area contributed by atoms with Gasteiger partial charge >= 0.3 is 39.5 Å². The van der Waals surface area contributed by atoms with Crippen molar-refractivity contribution in [3.05, 3.63) is 0 Å². The smallest absolute Gasteiger partial charge is 0.462 e. The highest BCUT2D eigenvalue weighted by atomic mass is 31.2. The summed E-state index contributed by atoms with van der Waals surface area (Å²) in [7, 11) is -9.86. The van der Waals surface area contributed by atoms with E-state index in [9.17, 15) is 43.2 Å². The van der Waals surface area contributed by atoms with E-state index in [1.165, 1.54) is 103 Å². The monoisotopic (exact) mass is 1170 g/mol. The van der Waals surface area contributed by atoms with Crippen molar-refractivity contribution in [2.75, 3.05) is 39.6 Å². The molecule has 5 atom stereocenters. The summed E-state index contributed by atoms with van der Waals surface area (Å²) in [5, 5.41) is 10.5. The highest BCUT2D eigenvalue weighted by Gasteiger charge is 2.30. The van der Waals surface area contributed by atoms with Gasteiger partial charge in [0.1, 0.15) is 19.3 Å². The molecule has 0 heterocycles. The van der Waals surface area contributed by atoms with Crippen molar-refractivity contribution in [2.24, 2.45) is 5.92 Å². The second-order valence-corrected chi connectivity index (χ2v) is 25.1. The Bertz CT molecular complexity index is 1550. The molecule has 0 bridgehead atoms. The predicted molar refractivity (Wildman–Crippen MR) is 312 cm³/mol. The van der Waals surface area contributed by atoms with Gasteiger partial charge in [-0.3, -0.25) is 37.3 Å². The molecule has 0 aromatic heterocycles. The maximum atomic E-state index is 12.9. The Morgan fingerprint density at radius 2 is 0.582 bits per heavy atom. The molecule has 0 fully saturated rings. The number of phosphoric acid groups is 2. The number of aliphatic hydroxyl groups excluding tert-OH is 1. The summed E-state index contributed by atoms with van der Waals surface area (Å²) in [6, 6.07) is 0. The highest BCUT2D eigenvalue weighted by Crippen LogP contribution is 2.45. The number of ether oxygens (including phenoxy) is 4. The van der Waals surface area contributed by atoms with E-state index in [0.717, 1.165) is 115 Å². The topological polar surface area (TPSA) is 237 Å². The molecular weight excluding hydrogens is 1050 g/mol. The molecule has 0 aliphatic heterocycles. The van der Waals surface area contributed by atoms with Crippen molar-refractivity contribution in [1.82, 2.24) is 0 Å². The van der Waals surface area contributed by atoms with E-state index in [0.29, 0.717) is 25.7 Å². The van der Waals surface area contributed by atoms with Gasteiger partial charge in [0.25, 0.3) is 0 Å². The molecule has 0 saturated heterocycles. The molecule has 0 aromatic carbocycles. The minimum absolute atomic E-state index is 0.103. The first-order valence-electron chi connectivity index (χ1n) is 31.6. The van der Waals surface area contributed by atoms with Crippen molar-refractivity contribution in [1.29, 1.82) is 0 Å². The Balaban J connectivity index is 5.14. The second-order valence-electron chi connectivity index (χ2n) is 22.2. The fraction of sp³-hybridized carbons (Fsp3) is 0.933. The summed E-state index contributed by atoms with van der Waals surface area (Å²) < 4.78 is 67.5. The van der Waals surface area contributed by atoms with Crippen LogP contribution in [-0.2, 0) is 65.4 Å². The molecule has 0 amide bonds. The lowest BCUT2D eigenvalue weighted by Crippen LogP contribution is -2.30. The summed E-state index contributed by atoms with van der Waals surface area (Å²) in [5.41, 5.74) is 0. The van der Waals surface area contributed by atoms with Crippen LogP contribution >= 0.6 is 15.6 Å². The Morgan fingerprint density at radius 3 is 0.861 bits per heavy atom. The van der Waals surface area contributed by atoms with Gasteiger partial charge in [-0.1, -0.05) is 247 Å². The van der Waals surface area contributed by atoms with Crippen LogP contribution in [0.2, 0.25) is 0 Å². The molecule has 0 rings (SSSR count). The fourth-order valence-corrected chi connectivity index (χ4v) is 10.5. The standard InChI is InChI=1S/C60H116O17P2/c1-6-9-12-15-17-18-19-20-21-22-23-24-25-31-36-41-46-60(65)77-56(50-71-58(63)44-39-34-30-27-26-29-33-37-42-53(4)5)52-75-79(68,69)73-48-54(61)47-72-78(66,67)74-51-55(49-70-57(62)43-38-32-14-11-8-3)76-59(64)45-40-35-28-16-13-10-7-2/h53-56,61H,6-52H2,1-5H3,(H,66,67)(H,68,69)/t54-,55+,56+/m0/s1. The molecule has 0 aromatic rings. The molecule has 17 nitrogen and oxygen atoms in total. The molecule has 0 saturated carbocycles. The van der Waals surface area contributed by atoms with E-state index in [-0.39, 0.29) is 25.7 Å². The van der Waals surface area contributed by atoms with E-state index < -0.39 is 97.5 Å². The molecule has 19 heteroatoms. The Kier molecular flexibility index (Phi) is 52.7. The van der Waals surface area contributed by atoms with Crippen LogP contribution in [0, 0.1) is 5.92 Å². The van der Waals surface area contributed by atoms with Gasteiger partial charge < -0.3 is 33.8 Å². The van der Waals surface area contributed by atoms with E-state index >= 15 is 0 Å². The van der Waals surface area contributed by atoms with Crippen LogP contribution in [0.5, 0.6) is 0 Å². The third-order valence-corrected chi connectivity index (χ3v) is 15.7. The minimum atomic E-state index is -4.94. The van der Waals surface area contributed by atoms with Crippen LogP contribution in [0.3, 0.4) is 0 Å². The van der Waals surface area contributed by atoms with Crippen LogP contribution in [0.1, 0.15) is 298 Å². The fourth-order valence-electron chi connectivity index (χ4n) is 8.88. The van der Waals surface area contributed by atoms with Crippen LogP contribution in [0.4, 0.5) is 0 Å². The van der Waals surface area contributed by atoms with Gasteiger partial charge in [-0.2, -0.15) is 0 Å². The molecule has 2 unspecified atom stereocenters. The Morgan fingerprint density at radius 1 is 0.342 bits per heavy atom. The van der Waals surface area contributed by atoms with Crippen molar-refractivity contribution in [3.8, 4) is 0 Å². The number of carbonyl (C=O) groups is 4. The van der Waals surface area contributed by atoms with Crippen molar-refractivity contribution in [2.45, 2.75) is 316 Å². The second kappa shape index (κ2) is 54.0. The minimum Gasteiger partial charge on any atom is -0.462 e. The van der Waals surface area contributed by atoms with E-state index in [1.807, 2.05) is 0 Å². The van der Waals surface area contributed by atoms with Gasteiger partial charge in [0.05, 0.1) is 26.4 Å². The number of aliphatic hydroxyl groups is 1. The molecule has 3 N–H and O–H groups in total. The first-order valence-corrected chi connectivity index (χ1v) is 34.6. The molecular formula is C60H116O17P2. The number of carbonyl (C=O) groups excluding carboxylic acids is 4. The van der Waals surface area contributed by atoms with Crippen LogP contribution < -0.4 is 0 Å². The summed E-state index contributed by atoms with van der Waals surface area (Å²) in [6.07, 6.45) is 36.8. The van der Waals surface area contributed by atoms with E-state index in [2.05, 4.69) is 34.6 Å². The Labute approximate surface area is 479 Å². The summed E-state index contributed by atoms with van der Waals surface area (Å²) in [5.74, 6) is -1.43. The summed E-state index contributed by atoms with van der Waals surface area (Å²) in [6.45, 7) is 7.00. The molecule has 0 aliphatic rings. The average Bonchev–Trinajstić information content (AvgIpc) is 3.41. The van der Waals surface area contributed by atoms with Crippen molar-refractivity contribution >= 4 is 39.5 Å². The van der Waals surface area contributed by atoms with Gasteiger partial charge in [-0.05, 0) is 31.6 Å². The van der Waals surface area contributed by atoms with Crippen molar-refractivity contribution in [3.63, 3.8) is 0 Å². The third-order valence-electron chi connectivity index (χ3n) is 13.8. The van der Waals surface area contributed by atoms with Gasteiger partial charge in [-0.15, -0.1) is 0 Å². The van der Waals surface area contributed by atoms with Crippen LogP contribution in [0.15, 0.2) is 0 Å². The van der Waals surface area contributed by atoms with Crippen LogP contribution in [-0.4, -0.2) is 96.7 Å². The van der Waals surface area contributed by atoms with E-state index in [1.54, 1.807) is 0 Å². The largest absolute Gasteiger partial charge is 0.472 e. The molecule has 0 radical (unpaired) electrons. The quantitative estimate of drug-likeness (QED) is 0.0222. The van der Waals surface area contributed by atoms with Crippen LogP contribution in [0.25, 0.3) is 0 Å². The number of rotatable bonds is 60. The predicted octanol–water partition coefficient (Wildman–Crippen LogP) is 16.2. The summed E-state index contributed by atoms with van der Waals surface area (Å²) >= 11 is 0. The zero-order chi connectivity index (χ0) is 58.5. The lowest BCUT2D eigenvalue weighted by Gasteiger charge is -2.21. The number of hydrogen-bond acceptors (Lipinski definition) is 15. The first-order chi connectivity index (χ1) is 38.0. The average molecular weight is 1170 g/mol. The Hall–Kier alpha value is -1.94. The first kappa shape index (κ1) is 77.1. The maximum Gasteiger partial charge on any atom is 0.472 e. The lowest BCUT2D eigenvalue weighted by molar-refractivity contribution is -0.161. The lowest BCUT2D eigenvalue weighted by atomic mass is 10.0. The SMILES string of the molecule is CCCCCCCCCCCCCCCCCCC(=O)O[C@H](COC(=O)CCCCCCCCCCC(C)C)COP(=O)(O)OC[C@@H](O)COP(=O)(O)OC[C@@H](COC(=O)CCCCCCC)OC(=O)CCCCCCCCC. The number of hydrogen-bond donors (Lipinski definition) is 3.